The summed E-state index contributed by atoms with van der Waals surface area (Å²) < 4.78 is 7.25. The van der Waals surface area contributed by atoms with E-state index in [0.717, 1.165) is 24.2 Å². The number of ether oxygens (including phenoxy) is 1. The molecular weight excluding hydrogens is 274 g/mol. The van der Waals surface area contributed by atoms with Crippen LogP contribution in [0.15, 0.2) is 0 Å². The van der Waals surface area contributed by atoms with Gasteiger partial charge in [-0.2, -0.15) is 5.10 Å². The average molecular weight is 295 g/mol. The van der Waals surface area contributed by atoms with Crippen molar-refractivity contribution in [2.75, 3.05) is 13.2 Å². The van der Waals surface area contributed by atoms with E-state index in [4.69, 9.17) is 4.74 Å². The molecule has 0 aliphatic carbocycles. The second kappa shape index (κ2) is 6.15. The van der Waals surface area contributed by atoms with Gasteiger partial charge in [-0.25, -0.2) is 4.79 Å². The van der Waals surface area contributed by atoms with Crippen molar-refractivity contribution in [3.8, 4) is 5.75 Å². The Morgan fingerprint density at radius 1 is 1.38 bits per heavy atom. The van der Waals surface area contributed by atoms with Crippen molar-refractivity contribution in [3.05, 3.63) is 11.4 Å². The molecule has 1 atom stereocenters. The van der Waals surface area contributed by atoms with E-state index in [-0.39, 0.29) is 12.5 Å². The van der Waals surface area contributed by atoms with Crippen LogP contribution in [0, 0.1) is 13.8 Å². The van der Waals surface area contributed by atoms with E-state index < -0.39 is 12.0 Å². The summed E-state index contributed by atoms with van der Waals surface area (Å²) in [4.78, 5) is 24.8. The first-order valence-electron chi connectivity index (χ1n) is 7.07. The van der Waals surface area contributed by atoms with E-state index in [0.29, 0.717) is 18.7 Å². The van der Waals surface area contributed by atoms with Crippen molar-refractivity contribution in [3.63, 3.8) is 0 Å². The Labute approximate surface area is 123 Å². The molecule has 7 heteroatoms. The van der Waals surface area contributed by atoms with Crippen molar-refractivity contribution in [2.45, 2.75) is 39.2 Å². The number of hydrogen-bond acceptors (Lipinski definition) is 4. The lowest BCUT2D eigenvalue weighted by atomic mass is 10.0. The Bertz CT molecular complexity index is 553. The van der Waals surface area contributed by atoms with Gasteiger partial charge in [-0.15, -0.1) is 0 Å². The molecule has 2 rings (SSSR count). The van der Waals surface area contributed by atoms with Crippen LogP contribution in [0.4, 0.5) is 0 Å². The topological polar surface area (TPSA) is 84.7 Å². The Hall–Kier alpha value is -2.05. The third-order valence-electron chi connectivity index (χ3n) is 3.89. The van der Waals surface area contributed by atoms with Crippen LogP contribution < -0.4 is 4.74 Å². The Kier molecular flexibility index (Phi) is 4.50. The highest BCUT2D eigenvalue weighted by atomic mass is 16.5. The van der Waals surface area contributed by atoms with Gasteiger partial charge in [0.25, 0.3) is 5.91 Å². The molecule has 2 heterocycles. The van der Waals surface area contributed by atoms with E-state index in [2.05, 4.69) is 5.10 Å². The summed E-state index contributed by atoms with van der Waals surface area (Å²) in [7, 11) is 1.81. The number of carbonyl (C=O) groups is 2. The molecule has 1 aliphatic rings. The number of hydrogen-bond donors (Lipinski definition) is 1. The number of carboxylic acid groups (broad SMARTS) is 1. The van der Waals surface area contributed by atoms with Crippen molar-refractivity contribution in [1.29, 1.82) is 0 Å². The molecule has 116 valence electrons. The van der Waals surface area contributed by atoms with Gasteiger partial charge in [-0.3, -0.25) is 9.48 Å². The molecule has 0 spiro atoms. The second-order valence-electron chi connectivity index (χ2n) is 5.35. The third-order valence-corrected chi connectivity index (χ3v) is 3.89. The molecule has 1 aliphatic heterocycles. The third kappa shape index (κ3) is 3.17. The van der Waals surface area contributed by atoms with Crippen LogP contribution in [0.1, 0.15) is 30.7 Å². The summed E-state index contributed by atoms with van der Waals surface area (Å²) in [5.41, 5.74) is 1.56. The van der Waals surface area contributed by atoms with Crippen LogP contribution in [0.5, 0.6) is 5.75 Å². The SMILES string of the molecule is Cc1nn(C)c(C)c1OCC(=O)N1CCCC[C@@H]1C(=O)O. The van der Waals surface area contributed by atoms with Gasteiger partial charge in [0.15, 0.2) is 12.4 Å². The summed E-state index contributed by atoms with van der Waals surface area (Å²) in [5.74, 6) is -0.642. The summed E-state index contributed by atoms with van der Waals surface area (Å²) in [5, 5.41) is 13.4. The van der Waals surface area contributed by atoms with Crippen LogP contribution in [0.25, 0.3) is 0 Å². The highest BCUT2D eigenvalue weighted by Crippen LogP contribution is 2.22. The summed E-state index contributed by atoms with van der Waals surface area (Å²) in [6.45, 7) is 4.00. The maximum absolute atomic E-state index is 12.2. The minimum atomic E-state index is -0.947. The minimum absolute atomic E-state index is 0.156. The number of nitrogens with zero attached hydrogens (tertiary/aromatic N) is 3. The van der Waals surface area contributed by atoms with Crippen molar-refractivity contribution in [1.82, 2.24) is 14.7 Å². The molecule has 1 fully saturated rings. The molecule has 1 amide bonds. The van der Waals surface area contributed by atoms with E-state index in [9.17, 15) is 14.7 Å². The average Bonchev–Trinajstić information content (AvgIpc) is 2.70. The number of piperidine rings is 1. The van der Waals surface area contributed by atoms with E-state index in [1.165, 1.54) is 4.90 Å². The van der Waals surface area contributed by atoms with Crippen LogP contribution >= 0.6 is 0 Å². The fraction of sp³-hybridized carbons (Fsp3) is 0.643. The maximum Gasteiger partial charge on any atom is 0.326 e. The van der Waals surface area contributed by atoms with E-state index in [1.54, 1.807) is 4.68 Å². The van der Waals surface area contributed by atoms with E-state index in [1.807, 2.05) is 20.9 Å². The lowest BCUT2D eigenvalue weighted by Crippen LogP contribution is -2.49. The van der Waals surface area contributed by atoms with Gasteiger partial charge in [0.1, 0.15) is 11.7 Å². The number of carbonyl (C=O) groups excluding carboxylic acids is 1. The normalized spacial score (nSPS) is 18.6. The Morgan fingerprint density at radius 2 is 2.10 bits per heavy atom. The van der Waals surface area contributed by atoms with Crippen molar-refractivity contribution >= 4 is 11.9 Å². The van der Waals surface area contributed by atoms with Crippen LogP contribution in [0.3, 0.4) is 0 Å². The number of amides is 1. The summed E-state index contributed by atoms with van der Waals surface area (Å²) in [6, 6.07) is -0.731. The highest BCUT2D eigenvalue weighted by Gasteiger charge is 2.32. The van der Waals surface area contributed by atoms with Crippen LogP contribution in [-0.4, -0.2) is 50.9 Å². The molecule has 1 aromatic heterocycles. The maximum atomic E-state index is 12.2. The first kappa shape index (κ1) is 15.3. The Morgan fingerprint density at radius 3 is 2.67 bits per heavy atom. The van der Waals surface area contributed by atoms with Crippen molar-refractivity contribution in [2.24, 2.45) is 7.05 Å². The number of carboxylic acids is 1. The number of aliphatic carboxylic acids is 1. The zero-order valence-corrected chi connectivity index (χ0v) is 12.6. The largest absolute Gasteiger partial charge is 0.480 e. The van der Waals surface area contributed by atoms with Crippen LogP contribution in [0.2, 0.25) is 0 Å². The number of aryl methyl sites for hydroxylation is 2. The number of likely N-dealkylation sites (tertiary alicyclic amines) is 1. The lowest BCUT2D eigenvalue weighted by molar-refractivity contribution is -0.152. The van der Waals surface area contributed by atoms with E-state index >= 15 is 0 Å². The first-order chi connectivity index (χ1) is 9.91. The zero-order valence-electron chi connectivity index (χ0n) is 12.6. The van der Waals surface area contributed by atoms with Gasteiger partial charge in [-0.05, 0) is 33.1 Å². The second-order valence-corrected chi connectivity index (χ2v) is 5.35. The molecule has 0 radical (unpaired) electrons. The molecule has 7 nitrogen and oxygen atoms in total. The van der Waals surface area contributed by atoms with Crippen LogP contribution in [-0.2, 0) is 16.6 Å². The molecule has 1 saturated heterocycles. The molecule has 21 heavy (non-hydrogen) atoms. The highest BCUT2D eigenvalue weighted by molar-refractivity contribution is 5.84. The minimum Gasteiger partial charge on any atom is -0.480 e. The van der Waals surface area contributed by atoms with Gasteiger partial charge < -0.3 is 14.7 Å². The molecule has 1 N–H and O–H groups in total. The number of rotatable bonds is 4. The lowest BCUT2D eigenvalue weighted by Gasteiger charge is -2.32. The molecule has 0 aromatic carbocycles. The zero-order chi connectivity index (χ0) is 15.6. The summed E-state index contributed by atoms with van der Waals surface area (Å²) in [6.07, 6.45) is 2.18. The van der Waals surface area contributed by atoms with Gasteiger partial charge in [0.2, 0.25) is 0 Å². The molecular formula is C14H21N3O4. The Balaban J connectivity index is 2.02. The summed E-state index contributed by atoms with van der Waals surface area (Å²) >= 11 is 0. The fourth-order valence-electron chi connectivity index (χ4n) is 2.67. The molecule has 0 bridgehead atoms. The van der Waals surface area contributed by atoms with Gasteiger partial charge >= 0.3 is 5.97 Å². The standard InChI is InChI=1S/C14H21N3O4/c1-9-13(10(2)16(3)15-9)21-8-12(18)17-7-5-4-6-11(17)14(19)20/h11H,4-8H2,1-3H3,(H,19,20)/t11-/m1/s1. The van der Waals surface area contributed by atoms with Gasteiger partial charge in [0.05, 0.1) is 5.69 Å². The van der Waals surface area contributed by atoms with Gasteiger partial charge in [0, 0.05) is 13.6 Å². The predicted octanol–water partition coefficient (Wildman–Crippen LogP) is 0.881. The fourth-order valence-corrected chi connectivity index (χ4v) is 2.67. The first-order valence-corrected chi connectivity index (χ1v) is 7.07. The van der Waals surface area contributed by atoms with Crippen molar-refractivity contribution < 1.29 is 19.4 Å². The molecule has 0 saturated carbocycles. The quantitative estimate of drug-likeness (QED) is 0.891. The smallest absolute Gasteiger partial charge is 0.326 e. The molecule has 1 aromatic rings. The monoisotopic (exact) mass is 295 g/mol. The predicted molar refractivity (Wildman–Crippen MR) is 75.2 cm³/mol. The van der Waals surface area contributed by atoms with Gasteiger partial charge in [-0.1, -0.05) is 0 Å². The number of aromatic nitrogens is 2. The molecule has 0 unspecified atom stereocenters.